The zero-order valence-corrected chi connectivity index (χ0v) is 13.5. The maximum absolute atomic E-state index is 9.20. The molecule has 1 N–H and O–H groups in total. The molecule has 70 valence electrons. The van der Waals surface area contributed by atoms with Crippen LogP contribution in [-0.4, -0.2) is 32.4 Å². The summed E-state index contributed by atoms with van der Waals surface area (Å²) in [7, 11) is 0. The summed E-state index contributed by atoms with van der Waals surface area (Å²) < 4.78 is 0. The number of benzene rings is 1. The SMILES string of the molecule is Oc1c(Cl)c(Cl)c(Cl)c(Cl)c1Cl.[Pb]. The maximum Gasteiger partial charge on any atom is 0.155 e. The molecule has 0 atom stereocenters. The molecule has 0 heterocycles. The van der Waals surface area contributed by atoms with Crippen molar-refractivity contribution in [3.8, 4) is 5.75 Å². The van der Waals surface area contributed by atoms with Crippen molar-refractivity contribution in [3.63, 3.8) is 0 Å². The van der Waals surface area contributed by atoms with Gasteiger partial charge < -0.3 is 5.11 Å². The normalized spacial score (nSPS) is 9.62. The van der Waals surface area contributed by atoms with E-state index in [1.54, 1.807) is 0 Å². The standard InChI is InChI=1S/C6HCl5O.Pb/c7-1-2(8)4(10)6(12)5(11)3(1)9;/h12H;. The first kappa shape index (κ1) is 14.4. The second-order valence-electron chi connectivity index (χ2n) is 1.92. The molecule has 0 saturated carbocycles. The predicted molar refractivity (Wildman–Crippen MR) is 58.9 cm³/mol. The van der Waals surface area contributed by atoms with Gasteiger partial charge in [-0.2, -0.15) is 0 Å². The van der Waals surface area contributed by atoms with Crippen molar-refractivity contribution < 1.29 is 5.11 Å². The molecule has 0 saturated heterocycles. The molecule has 0 fully saturated rings. The zero-order chi connectivity index (χ0) is 9.46. The van der Waals surface area contributed by atoms with Gasteiger partial charge >= 0.3 is 0 Å². The van der Waals surface area contributed by atoms with Gasteiger partial charge in [-0.25, -0.2) is 0 Å². The summed E-state index contributed by atoms with van der Waals surface area (Å²) in [5, 5.41) is 9.01. The zero-order valence-electron chi connectivity index (χ0n) is 5.84. The van der Waals surface area contributed by atoms with Gasteiger partial charge in [0.15, 0.2) is 5.75 Å². The number of phenols is 1. The van der Waals surface area contributed by atoms with E-state index in [0.29, 0.717) is 0 Å². The van der Waals surface area contributed by atoms with E-state index in [1.807, 2.05) is 0 Å². The Labute approximate surface area is 120 Å². The number of hydrogen-bond donors (Lipinski definition) is 1. The van der Waals surface area contributed by atoms with E-state index in [9.17, 15) is 5.11 Å². The molecule has 0 aliphatic rings. The van der Waals surface area contributed by atoms with Gasteiger partial charge in [0, 0.05) is 27.3 Å². The maximum atomic E-state index is 9.20. The second kappa shape index (κ2) is 5.47. The van der Waals surface area contributed by atoms with Gasteiger partial charge in [-0.15, -0.1) is 0 Å². The van der Waals surface area contributed by atoms with Gasteiger partial charge in [0.25, 0.3) is 0 Å². The fraction of sp³-hybridized carbons (Fsp3) is 0. The minimum atomic E-state index is -0.363. The molecule has 7 heteroatoms. The van der Waals surface area contributed by atoms with Crippen LogP contribution in [0.15, 0.2) is 0 Å². The quantitative estimate of drug-likeness (QED) is 0.339. The van der Waals surface area contributed by atoms with Gasteiger partial charge in [-0.3, -0.25) is 0 Å². The van der Waals surface area contributed by atoms with E-state index in [2.05, 4.69) is 0 Å². The summed E-state index contributed by atoms with van der Waals surface area (Å²) in [4.78, 5) is 0. The molecule has 1 nitrogen and oxygen atoms in total. The molecule has 0 bridgehead atoms. The summed E-state index contributed by atoms with van der Waals surface area (Å²) in [5.74, 6) is -0.363. The molecule has 0 amide bonds. The Morgan fingerprint density at radius 2 is 0.846 bits per heavy atom. The van der Waals surface area contributed by atoms with Crippen LogP contribution in [0.2, 0.25) is 25.1 Å². The van der Waals surface area contributed by atoms with Crippen LogP contribution in [0.3, 0.4) is 0 Å². The van der Waals surface area contributed by atoms with Crippen molar-refractivity contribution in [2.75, 3.05) is 0 Å². The fourth-order valence-electron chi connectivity index (χ4n) is 0.593. The van der Waals surface area contributed by atoms with Crippen LogP contribution in [0.25, 0.3) is 0 Å². The third-order valence-electron chi connectivity index (χ3n) is 1.19. The number of hydrogen-bond acceptors (Lipinski definition) is 1. The average molecular weight is 474 g/mol. The Balaban J connectivity index is 0.00000144. The summed E-state index contributed by atoms with van der Waals surface area (Å²) in [5.41, 5.74) is 0. The summed E-state index contributed by atoms with van der Waals surface area (Å²) in [6.45, 7) is 0. The number of aromatic hydroxyl groups is 1. The third kappa shape index (κ3) is 2.70. The van der Waals surface area contributed by atoms with Crippen LogP contribution in [0, 0.1) is 0 Å². The van der Waals surface area contributed by atoms with E-state index < -0.39 is 0 Å². The van der Waals surface area contributed by atoms with Crippen molar-refractivity contribution in [2.24, 2.45) is 0 Å². The Hall–Kier alpha value is 1.39. The molecule has 1 aromatic rings. The number of halogens is 5. The molecule has 1 rings (SSSR count). The minimum Gasteiger partial charge on any atom is -0.505 e. The molecule has 0 aromatic heterocycles. The summed E-state index contributed by atoms with van der Waals surface area (Å²) in [6, 6.07) is 0. The molecule has 4 radical (unpaired) electrons. The van der Waals surface area contributed by atoms with E-state index >= 15 is 0 Å². The van der Waals surface area contributed by atoms with Crippen LogP contribution < -0.4 is 0 Å². The van der Waals surface area contributed by atoms with Crippen LogP contribution in [-0.2, 0) is 0 Å². The topological polar surface area (TPSA) is 20.2 Å². The van der Waals surface area contributed by atoms with E-state index in [1.165, 1.54) is 0 Å². The molecule has 0 aliphatic carbocycles. The van der Waals surface area contributed by atoms with Gasteiger partial charge in [-0.1, -0.05) is 58.0 Å². The molecule has 1 aromatic carbocycles. The Kier molecular flexibility index (Phi) is 6.05. The van der Waals surface area contributed by atoms with Gasteiger partial charge in [0.1, 0.15) is 10.0 Å². The average Bonchev–Trinajstić information content (AvgIpc) is 2.08. The Morgan fingerprint density at radius 3 is 1.15 bits per heavy atom. The second-order valence-corrected chi connectivity index (χ2v) is 3.81. The number of rotatable bonds is 0. The van der Waals surface area contributed by atoms with Crippen molar-refractivity contribution in [2.45, 2.75) is 0 Å². The van der Waals surface area contributed by atoms with E-state index in [0.717, 1.165) is 0 Å². The minimum absolute atomic E-state index is 0. The number of phenolic OH excluding ortho intramolecular Hbond substituents is 1. The van der Waals surface area contributed by atoms with Crippen LogP contribution in [0.5, 0.6) is 5.75 Å². The van der Waals surface area contributed by atoms with Gasteiger partial charge in [0.05, 0.1) is 15.1 Å². The molecule has 0 spiro atoms. The van der Waals surface area contributed by atoms with Crippen molar-refractivity contribution in [1.82, 2.24) is 0 Å². The molecule has 0 unspecified atom stereocenters. The van der Waals surface area contributed by atoms with Crippen LogP contribution >= 0.6 is 58.0 Å². The molecule has 0 aliphatic heterocycles. The largest absolute Gasteiger partial charge is 0.505 e. The fourth-order valence-corrected chi connectivity index (χ4v) is 1.72. The summed E-state index contributed by atoms with van der Waals surface area (Å²) >= 11 is 27.9. The van der Waals surface area contributed by atoms with Gasteiger partial charge in [-0.05, 0) is 0 Å². The Morgan fingerprint density at radius 1 is 0.615 bits per heavy atom. The van der Waals surface area contributed by atoms with Gasteiger partial charge in [0.2, 0.25) is 0 Å². The van der Waals surface area contributed by atoms with Crippen LogP contribution in [0.4, 0.5) is 0 Å². The first-order chi connectivity index (χ1) is 5.46. The van der Waals surface area contributed by atoms with Crippen molar-refractivity contribution in [1.29, 1.82) is 0 Å². The van der Waals surface area contributed by atoms with E-state index in [4.69, 9.17) is 58.0 Å². The van der Waals surface area contributed by atoms with Crippen molar-refractivity contribution >= 4 is 85.3 Å². The summed E-state index contributed by atoms with van der Waals surface area (Å²) in [6.07, 6.45) is 0. The monoisotopic (exact) mass is 472 g/mol. The predicted octanol–water partition coefficient (Wildman–Crippen LogP) is 4.28. The molecular weight excluding hydrogens is 473 g/mol. The first-order valence-corrected chi connectivity index (χ1v) is 4.56. The smallest absolute Gasteiger partial charge is 0.155 e. The molecule has 13 heavy (non-hydrogen) atoms. The first-order valence-electron chi connectivity index (χ1n) is 2.67. The van der Waals surface area contributed by atoms with Crippen molar-refractivity contribution in [3.05, 3.63) is 25.1 Å². The molecular formula is C6HCl5OPb. The van der Waals surface area contributed by atoms with E-state index in [-0.39, 0.29) is 58.2 Å². The Bertz CT molecular complexity index is 235. The van der Waals surface area contributed by atoms with Crippen LogP contribution in [0.1, 0.15) is 0 Å². The third-order valence-corrected chi connectivity index (χ3v) is 3.44.